The van der Waals surface area contributed by atoms with Crippen LogP contribution in [-0.2, 0) is 19.1 Å². The number of fused-ring (bicyclic) bond motifs is 1. The summed E-state index contributed by atoms with van der Waals surface area (Å²) in [5.41, 5.74) is 3.96. The highest BCUT2D eigenvalue weighted by Gasteiger charge is 2.34. The lowest BCUT2D eigenvalue weighted by Crippen LogP contribution is -2.41. The predicted molar refractivity (Wildman–Crippen MR) is 87.6 cm³/mol. The third-order valence-electron chi connectivity index (χ3n) is 5.00. The van der Waals surface area contributed by atoms with Crippen molar-refractivity contribution in [1.82, 2.24) is 15.1 Å². The third-order valence-corrected chi connectivity index (χ3v) is 5.00. The van der Waals surface area contributed by atoms with Gasteiger partial charge in [0.2, 0.25) is 0 Å². The summed E-state index contributed by atoms with van der Waals surface area (Å²) in [6.07, 6.45) is 4.83. The van der Waals surface area contributed by atoms with E-state index in [1.165, 1.54) is 11.1 Å². The number of hydrogen-bond donors (Lipinski definition) is 2. The molecule has 2 aromatic rings. The normalized spacial score (nSPS) is 22.4. The topological polar surface area (TPSA) is 50.1 Å². The average molecular weight is 299 g/mol. The van der Waals surface area contributed by atoms with Crippen LogP contribution in [0.2, 0.25) is 0 Å². The molecule has 0 spiro atoms. The van der Waals surface area contributed by atoms with Gasteiger partial charge in [-0.2, -0.15) is 5.10 Å². The van der Waals surface area contributed by atoms with E-state index in [4.69, 9.17) is 0 Å². The summed E-state index contributed by atoms with van der Waals surface area (Å²) >= 11 is 0. The van der Waals surface area contributed by atoms with Crippen molar-refractivity contribution in [3.63, 3.8) is 0 Å². The Kier molecular flexibility index (Phi) is 4.06. The van der Waals surface area contributed by atoms with Gasteiger partial charge in [0.25, 0.3) is 0 Å². The van der Waals surface area contributed by atoms with Gasteiger partial charge in [-0.15, -0.1) is 0 Å². The molecular weight excluding hydrogens is 274 g/mol. The SMILES string of the molecule is Cc1c(C(C)NCC2(O)CCCc3ccccc32)cnn1C. The highest BCUT2D eigenvalue weighted by Crippen LogP contribution is 2.35. The number of aromatic nitrogens is 2. The smallest absolute Gasteiger partial charge is 0.102 e. The summed E-state index contributed by atoms with van der Waals surface area (Å²) in [5.74, 6) is 0. The zero-order valence-electron chi connectivity index (χ0n) is 13.6. The number of nitrogens with one attached hydrogen (secondary N) is 1. The van der Waals surface area contributed by atoms with Crippen LogP contribution in [0.5, 0.6) is 0 Å². The quantitative estimate of drug-likeness (QED) is 0.912. The third kappa shape index (κ3) is 2.69. The van der Waals surface area contributed by atoms with Gasteiger partial charge in [-0.1, -0.05) is 24.3 Å². The van der Waals surface area contributed by atoms with E-state index in [0.29, 0.717) is 6.54 Å². The van der Waals surface area contributed by atoms with Crippen molar-refractivity contribution in [2.45, 2.75) is 44.8 Å². The first-order chi connectivity index (χ1) is 10.5. The molecule has 0 bridgehead atoms. The molecule has 0 saturated carbocycles. The largest absolute Gasteiger partial charge is 0.384 e. The zero-order valence-corrected chi connectivity index (χ0v) is 13.6. The molecule has 3 rings (SSSR count). The molecule has 2 N–H and O–H groups in total. The number of aryl methyl sites for hydroxylation is 2. The number of hydrogen-bond acceptors (Lipinski definition) is 3. The first kappa shape index (κ1) is 15.3. The van der Waals surface area contributed by atoms with E-state index in [1.807, 2.05) is 24.0 Å². The van der Waals surface area contributed by atoms with Gasteiger partial charge in [-0.05, 0) is 44.2 Å². The minimum absolute atomic E-state index is 0.173. The van der Waals surface area contributed by atoms with E-state index < -0.39 is 5.60 Å². The Bertz CT molecular complexity index is 664. The fourth-order valence-electron chi connectivity index (χ4n) is 3.45. The Morgan fingerprint density at radius 3 is 2.91 bits per heavy atom. The van der Waals surface area contributed by atoms with Crippen LogP contribution in [0.15, 0.2) is 30.5 Å². The van der Waals surface area contributed by atoms with Gasteiger partial charge < -0.3 is 10.4 Å². The summed E-state index contributed by atoms with van der Waals surface area (Å²) < 4.78 is 1.89. The summed E-state index contributed by atoms with van der Waals surface area (Å²) in [5, 5.41) is 18.9. The maximum atomic E-state index is 11.1. The van der Waals surface area contributed by atoms with Gasteiger partial charge in [0.05, 0.1) is 6.20 Å². The summed E-state index contributed by atoms with van der Waals surface area (Å²) in [7, 11) is 1.95. The van der Waals surface area contributed by atoms with Crippen LogP contribution < -0.4 is 5.32 Å². The van der Waals surface area contributed by atoms with Crippen molar-refractivity contribution >= 4 is 0 Å². The molecule has 0 saturated heterocycles. The van der Waals surface area contributed by atoms with E-state index in [9.17, 15) is 5.11 Å². The van der Waals surface area contributed by atoms with Crippen molar-refractivity contribution in [1.29, 1.82) is 0 Å². The van der Waals surface area contributed by atoms with Crippen LogP contribution in [0.25, 0.3) is 0 Å². The molecule has 1 aliphatic carbocycles. The summed E-state index contributed by atoms with van der Waals surface area (Å²) in [4.78, 5) is 0. The fourth-order valence-corrected chi connectivity index (χ4v) is 3.45. The Morgan fingerprint density at radius 1 is 1.41 bits per heavy atom. The molecular formula is C18H25N3O. The molecule has 1 aromatic carbocycles. The second-order valence-corrected chi connectivity index (χ2v) is 6.45. The highest BCUT2D eigenvalue weighted by molar-refractivity contribution is 5.35. The highest BCUT2D eigenvalue weighted by atomic mass is 16.3. The molecule has 1 aromatic heterocycles. The van der Waals surface area contributed by atoms with Crippen molar-refractivity contribution in [3.8, 4) is 0 Å². The Labute approximate surface area is 132 Å². The first-order valence-corrected chi connectivity index (χ1v) is 8.04. The van der Waals surface area contributed by atoms with Crippen molar-refractivity contribution in [2.75, 3.05) is 6.54 Å². The second kappa shape index (κ2) is 5.86. The molecule has 1 aliphatic rings. The van der Waals surface area contributed by atoms with E-state index >= 15 is 0 Å². The van der Waals surface area contributed by atoms with Crippen LogP contribution >= 0.6 is 0 Å². The van der Waals surface area contributed by atoms with Crippen LogP contribution in [0.1, 0.15) is 48.2 Å². The van der Waals surface area contributed by atoms with Crippen LogP contribution in [0.4, 0.5) is 0 Å². The van der Waals surface area contributed by atoms with Crippen molar-refractivity contribution in [3.05, 3.63) is 52.8 Å². The van der Waals surface area contributed by atoms with Crippen LogP contribution in [0.3, 0.4) is 0 Å². The predicted octanol–water partition coefficient (Wildman–Crippen LogP) is 2.60. The van der Waals surface area contributed by atoms with E-state index in [-0.39, 0.29) is 6.04 Å². The van der Waals surface area contributed by atoms with E-state index in [1.54, 1.807) is 0 Å². The standard InChI is InChI=1S/C18H25N3O/c1-13(16-11-20-21(3)14(16)2)19-12-18(22)10-6-8-15-7-4-5-9-17(15)18/h4-5,7,9,11,13,19,22H,6,8,10,12H2,1-3H3. The Balaban J connectivity index is 1.75. The number of nitrogens with zero attached hydrogens (tertiary/aromatic N) is 2. The summed E-state index contributed by atoms with van der Waals surface area (Å²) in [6, 6.07) is 8.44. The summed E-state index contributed by atoms with van der Waals surface area (Å²) in [6.45, 7) is 4.77. The molecule has 0 amide bonds. The van der Waals surface area contributed by atoms with Crippen molar-refractivity contribution in [2.24, 2.45) is 7.05 Å². The lowest BCUT2D eigenvalue weighted by molar-refractivity contribution is 0.0170. The number of aliphatic hydroxyl groups is 1. The Morgan fingerprint density at radius 2 is 2.18 bits per heavy atom. The maximum absolute atomic E-state index is 11.1. The van der Waals surface area contributed by atoms with Gasteiger partial charge in [-0.3, -0.25) is 4.68 Å². The minimum Gasteiger partial charge on any atom is -0.384 e. The number of rotatable bonds is 4. The molecule has 0 fully saturated rings. The second-order valence-electron chi connectivity index (χ2n) is 6.45. The molecule has 0 aliphatic heterocycles. The van der Waals surface area contributed by atoms with Gasteiger partial charge in [0.15, 0.2) is 0 Å². The van der Waals surface area contributed by atoms with E-state index in [0.717, 1.165) is 30.5 Å². The van der Waals surface area contributed by atoms with Crippen LogP contribution in [-0.4, -0.2) is 21.4 Å². The average Bonchev–Trinajstić information content (AvgIpc) is 2.85. The van der Waals surface area contributed by atoms with Gasteiger partial charge >= 0.3 is 0 Å². The number of benzene rings is 1. The monoisotopic (exact) mass is 299 g/mol. The molecule has 4 nitrogen and oxygen atoms in total. The van der Waals surface area contributed by atoms with Gasteiger partial charge in [-0.25, -0.2) is 0 Å². The van der Waals surface area contributed by atoms with Crippen molar-refractivity contribution < 1.29 is 5.11 Å². The molecule has 0 radical (unpaired) electrons. The molecule has 2 unspecified atom stereocenters. The molecule has 2 atom stereocenters. The molecule has 4 heteroatoms. The lowest BCUT2D eigenvalue weighted by atomic mass is 9.79. The maximum Gasteiger partial charge on any atom is 0.102 e. The molecule has 22 heavy (non-hydrogen) atoms. The van der Waals surface area contributed by atoms with Gasteiger partial charge in [0, 0.05) is 30.9 Å². The molecule has 118 valence electrons. The Hall–Kier alpha value is -1.65. The first-order valence-electron chi connectivity index (χ1n) is 8.04. The zero-order chi connectivity index (χ0) is 15.7. The van der Waals surface area contributed by atoms with Gasteiger partial charge in [0.1, 0.15) is 5.60 Å². The molecule has 1 heterocycles. The lowest BCUT2D eigenvalue weighted by Gasteiger charge is -2.35. The minimum atomic E-state index is -0.765. The van der Waals surface area contributed by atoms with E-state index in [2.05, 4.69) is 42.5 Å². The van der Waals surface area contributed by atoms with Crippen LogP contribution in [0, 0.1) is 6.92 Å². The fraction of sp³-hybridized carbons (Fsp3) is 0.500.